The van der Waals surface area contributed by atoms with Crippen LogP contribution in [0.25, 0.3) is 0 Å². The lowest BCUT2D eigenvalue weighted by molar-refractivity contribution is -0.137. The molecule has 18 heavy (non-hydrogen) atoms. The Hall–Kier alpha value is -1.11. The van der Waals surface area contributed by atoms with Gasteiger partial charge in [0, 0.05) is 30.4 Å². The smallest absolute Gasteiger partial charge is 0.233 e. The summed E-state index contributed by atoms with van der Waals surface area (Å²) >= 11 is 1.50. The van der Waals surface area contributed by atoms with E-state index in [-0.39, 0.29) is 18.6 Å². The third-order valence-corrected chi connectivity index (χ3v) is 3.70. The van der Waals surface area contributed by atoms with Crippen LogP contribution in [0.2, 0.25) is 0 Å². The van der Waals surface area contributed by atoms with E-state index in [1.807, 2.05) is 12.1 Å². The number of pyridine rings is 1. The number of hydrogen-bond acceptors (Lipinski definition) is 5. The summed E-state index contributed by atoms with van der Waals surface area (Å²) in [7, 11) is 0. The number of morpholine rings is 1. The Labute approximate surface area is 110 Å². The maximum atomic E-state index is 12.0. The molecule has 1 unspecified atom stereocenters. The molecule has 0 aliphatic carbocycles. The van der Waals surface area contributed by atoms with Crippen molar-refractivity contribution in [2.45, 2.75) is 11.0 Å². The molecular formula is C12H16N2O3S. The van der Waals surface area contributed by atoms with Gasteiger partial charge >= 0.3 is 0 Å². The highest BCUT2D eigenvalue weighted by molar-refractivity contribution is 8.00. The third-order valence-electron chi connectivity index (χ3n) is 2.71. The number of nitrogens with zero attached hydrogens (tertiary/aromatic N) is 2. The summed E-state index contributed by atoms with van der Waals surface area (Å²) < 4.78 is 5.31. The number of aromatic nitrogens is 1. The molecule has 0 bridgehead atoms. The van der Waals surface area contributed by atoms with E-state index in [2.05, 4.69) is 4.98 Å². The van der Waals surface area contributed by atoms with Gasteiger partial charge in [0.05, 0.1) is 25.1 Å². The summed E-state index contributed by atoms with van der Waals surface area (Å²) in [6, 6.07) is 3.77. The second-order valence-corrected chi connectivity index (χ2v) is 5.04. The molecule has 1 aromatic heterocycles. The lowest BCUT2D eigenvalue weighted by Gasteiger charge is -2.32. The van der Waals surface area contributed by atoms with Crippen LogP contribution in [0.4, 0.5) is 0 Å². The zero-order chi connectivity index (χ0) is 12.8. The number of ether oxygens (including phenoxy) is 1. The minimum absolute atomic E-state index is 0.0404. The van der Waals surface area contributed by atoms with E-state index in [0.717, 1.165) is 4.90 Å². The second kappa shape index (κ2) is 6.72. The molecule has 2 rings (SSSR count). The van der Waals surface area contributed by atoms with E-state index in [1.165, 1.54) is 11.8 Å². The highest BCUT2D eigenvalue weighted by atomic mass is 32.2. The zero-order valence-corrected chi connectivity index (χ0v) is 10.8. The van der Waals surface area contributed by atoms with Crippen LogP contribution in [-0.4, -0.2) is 59.1 Å². The number of hydrogen-bond donors (Lipinski definition) is 1. The van der Waals surface area contributed by atoms with E-state index >= 15 is 0 Å². The molecule has 5 nitrogen and oxygen atoms in total. The van der Waals surface area contributed by atoms with Crippen LogP contribution in [0, 0.1) is 0 Å². The first-order chi connectivity index (χ1) is 8.79. The van der Waals surface area contributed by atoms with E-state index in [0.29, 0.717) is 25.4 Å². The van der Waals surface area contributed by atoms with Crippen molar-refractivity contribution < 1.29 is 14.6 Å². The van der Waals surface area contributed by atoms with Gasteiger partial charge in [-0.3, -0.25) is 9.78 Å². The quantitative estimate of drug-likeness (QED) is 0.801. The summed E-state index contributed by atoms with van der Waals surface area (Å²) in [5.41, 5.74) is 0. The number of aliphatic hydroxyl groups is 1. The summed E-state index contributed by atoms with van der Waals surface area (Å²) in [4.78, 5) is 18.7. The van der Waals surface area contributed by atoms with E-state index in [9.17, 15) is 4.79 Å². The van der Waals surface area contributed by atoms with Crippen molar-refractivity contribution in [3.05, 3.63) is 24.5 Å². The highest BCUT2D eigenvalue weighted by Gasteiger charge is 2.23. The second-order valence-electron chi connectivity index (χ2n) is 3.99. The minimum atomic E-state index is -0.242. The summed E-state index contributed by atoms with van der Waals surface area (Å²) in [5, 5.41) is 9.02. The largest absolute Gasteiger partial charge is 0.394 e. The Bertz CT molecular complexity index is 388. The van der Waals surface area contributed by atoms with Gasteiger partial charge in [-0.2, -0.15) is 0 Å². The highest BCUT2D eigenvalue weighted by Crippen LogP contribution is 2.17. The first kappa shape index (κ1) is 13.3. The Balaban J connectivity index is 1.81. The average Bonchev–Trinajstić information content (AvgIpc) is 2.46. The number of thioether (sulfide) groups is 1. The van der Waals surface area contributed by atoms with Gasteiger partial charge < -0.3 is 14.7 Å². The van der Waals surface area contributed by atoms with Crippen molar-refractivity contribution in [1.29, 1.82) is 0 Å². The summed E-state index contributed by atoms with van der Waals surface area (Å²) in [6.07, 6.45) is 3.18. The molecular weight excluding hydrogens is 252 g/mol. The van der Waals surface area contributed by atoms with Crippen LogP contribution >= 0.6 is 11.8 Å². The van der Waals surface area contributed by atoms with Crippen LogP contribution in [0.5, 0.6) is 0 Å². The molecule has 2 heterocycles. The normalized spacial score (nSPS) is 19.8. The number of amides is 1. The van der Waals surface area contributed by atoms with Gasteiger partial charge in [-0.15, -0.1) is 11.8 Å². The lowest BCUT2D eigenvalue weighted by Crippen LogP contribution is -2.47. The molecule has 1 fully saturated rings. The van der Waals surface area contributed by atoms with E-state index in [4.69, 9.17) is 9.84 Å². The standard InChI is InChI=1S/C12H16N2O3S/c15-8-10-7-14(5-6-17-10)12(16)9-18-11-1-3-13-4-2-11/h1-4,10,15H,5-9H2. The maximum Gasteiger partial charge on any atom is 0.233 e. The van der Waals surface area contributed by atoms with Crippen molar-refractivity contribution in [3.63, 3.8) is 0 Å². The van der Waals surface area contributed by atoms with Crippen LogP contribution in [-0.2, 0) is 9.53 Å². The molecule has 1 aliphatic rings. The zero-order valence-electron chi connectivity index (χ0n) is 9.99. The summed E-state index contributed by atoms with van der Waals surface area (Å²) in [6.45, 7) is 1.54. The maximum absolute atomic E-state index is 12.0. The summed E-state index contributed by atoms with van der Waals surface area (Å²) in [5.74, 6) is 0.487. The fraction of sp³-hybridized carbons (Fsp3) is 0.500. The van der Waals surface area contributed by atoms with Crippen molar-refractivity contribution in [1.82, 2.24) is 9.88 Å². The first-order valence-corrected chi connectivity index (χ1v) is 6.81. The molecule has 1 aliphatic heterocycles. The van der Waals surface area contributed by atoms with Crippen LogP contribution < -0.4 is 0 Å². The topological polar surface area (TPSA) is 62.7 Å². The molecule has 6 heteroatoms. The Kier molecular flexibility index (Phi) is 4.98. The van der Waals surface area contributed by atoms with Gasteiger partial charge in [0.1, 0.15) is 0 Å². The molecule has 1 atom stereocenters. The number of carbonyl (C=O) groups is 1. The van der Waals surface area contributed by atoms with Crippen molar-refractivity contribution in [2.24, 2.45) is 0 Å². The van der Waals surface area contributed by atoms with E-state index < -0.39 is 0 Å². The Morgan fingerprint density at radius 1 is 1.56 bits per heavy atom. The van der Waals surface area contributed by atoms with Gasteiger partial charge in [0.25, 0.3) is 0 Å². The Morgan fingerprint density at radius 3 is 3.06 bits per heavy atom. The molecule has 1 N–H and O–H groups in total. The first-order valence-electron chi connectivity index (χ1n) is 5.82. The predicted octanol–water partition coefficient (Wildman–Crippen LogP) is 0.393. The monoisotopic (exact) mass is 268 g/mol. The van der Waals surface area contributed by atoms with Crippen LogP contribution in [0.1, 0.15) is 0 Å². The SMILES string of the molecule is O=C(CSc1ccncc1)N1CCOC(CO)C1. The average molecular weight is 268 g/mol. The fourth-order valence-electron chi connectivity index (χ4n) is 1.73. The molecule has 0 spiro atoms. The lowest BCUT2D eigenvalue weighted by atomic mass is 10.3. The molecule has 1 aromatic rings. The number of aliphatic hydroxyl groups excluding tert-OH is 1. The van der Waals surface area contributed by atoms with Crippen LogP contribution in [0.3, 0.4) is 0 Å². The molecule has 0 saturated carbocycles. The Morgan fingerprint density at radius 2 is 2.33 bits per heavy atom. The number of carbonyl (C=O) groups excluding carboxylic acids is 1. The van der Waals surface area contributed by atoms with E-state index in [1.54, 1.807) is 17.3 Å². The molecule has 1 amide bonds. The number of rotatable bonds is 4. The fourth-order valence-corrected chi connectivity index (χ4v) is 2.51. The van der Waals surface area contributed by atoms with Crippen molar-refractivity contribution >= 4 is 17.7 Å². The van der Waals surface area contributed by atoms with Gasteiger partial charge in [0.2, 0.25) is 5.91 Å². The van der Waals surface area contributed by atoms with Gasteiger partial charge in [-0.25, -0.2) is 0 Å². The predicted molar refractivity (Wildman–Crippen MR) is 68.4 cm³/mol. The van der Waals surface area contributed by atoms with Crippen LogP contribution in [0.15, 0.2) is 29.4 Å². The van der Waals surface area contributed by atoms with Crippen molar-refractivity contribution in [2.75, 3.05) is 32.1 Å². The molecule has 0 aromatic carbocycles. The molecule has 1 saturated heterocycles. The third kappa shape index (κ3) is 3.69. The van der Waals surface area contributed by atoms with Gasteiger partial charge in [0.15, 0.2) is 0 Å². The molecule has 98 valence electrons. The van der Waals surface area contributed by atoms with Crippen molar-refractivity contribution in [3.8, 4) is 0 Å². The van der Waals surface area contributed by atoms with Gasteiger partial charge in [-0.05, 0) is 12.1 Å². The molecule has 0 radical (unpaired) electrons. The van der Waals surface area contributed by atoms with Gasteiger partial charge in [-0.1, -0.05) is 0 Å². The minimum Gasteiger partial charge on any atom is -0.394 e.